The lowest BCUT2D eigenvalue weighted by atomic mass is 9.74. The lowest BCUT2D eigenvalue weighted by Gasteiger charge is -2.36. The van der Waals surface area contributed by atoms with Crippen LogP contribution in [-0.4, -0.2) is 7.11 Å². The van der Waals surface area contributed by atoms with Gasteiger partial charge in [-0.05, 0) is 37.7 Å². The second kappa shape index (κ2) is 4.65. The number of halogens is 1. The molecule has 1 aromatic carbocycles. The summed E-state index contributed by atoms with van der Waals surface area (Å²) in [5, 5.41) is 0. The Bertz CT molecular complexity index is 397. The summed E-state index contributed by atoms with van der Waals surface area (Å²) in [6, 6.07) is 5.23. The van der Waals surface area contributed by atoms with Gasteiger partial charge in [0.15, 0.2) is 11.6 Å². The number of rotatable bonds is 2. The smallest absolute Gasteiger partial charge is 0.170 e. The molecule has 1 fully saturated rings. The maximum Gasteiger partial charge on any atom is 0.170 e. The van der Waals surface area contributed by atoms with E-state index in [9.17, 15) is 4.39 Å². The topological polar surface area (TPSA) is 35.2 Å². The Morgan fingerprint density at radius 3 is 2.59 bits per heavy atom. The lowest BCUT2D eigenvalue weighted by Crippen LogP contribution is -2.41. The van der Waals surface area contributed by atoms with Gasteiger partial charge in [0.2, 0.25) is 0 Å². The molecule has 94 valence electrons. The summed E-state index contributed by atoms with van der Waals surface area (Å²) >= 11 is 0. The number of methoxy groups -OCH3 is 1. The van der Waals surface area contributed by atoms with E-state index in [2.05, 4.69) is 6.92 Å². The zero-order chi connectivity index (χ0) is 12.5. The second-order valence-electron chi connectivity index (χ2n) is 5.16. The summed E-state index contributed by atoms with van der Waals surface area (Å²) < 4.78 is 19.2. The molecule has 1 aromatic rings. The SMILES string of the molecule is COc1cccc(C2(N)CCC(C)CC2)c1F. The van der Waals surface area contributed by atoms with E-state index in [4.69, 9.17) is 10.5 Å². The molecule has 0 unspecified atom stereocenters. The van der Waals surface area contributed by atoms with E-state index in [1.165, 1.54) is 7.11 Å². The Kier molecular flexibility index (Phi) is 3.38. The van der Waals surface area contributed by atoms with Crippen LogP contribution in [0.25, 0.3) is 0 Å². The summed E-state index contributed by atoms with van der Waals surface area (Å²) in [4.78, 5) is 0. The van der Waals surface area contributed by atoms with Crippen molar-refractivity contribution in [1.29, 1.82) is 0 Å². The van der Waals surface area contributed by atoms with E-state index in [0.29, 0.717) is 11.5 Å². The molecule has 2 N–H and O–H groups in total. The minimum Gasteiger partial charge on any atom is -0.494 e. The quantitative estimate of drug-likeness (QED) is 0.857. The molecule has 0 amide bonds. The number of hydrogen-bond donors (Lipinski definition) is 1. The fraction of sp³-hybridized carbons (Fsp3) is 0.571. The molecule has 3 heteroatoms. The molecule has 1 aliphatic rings. The molecule has 2 nitrogen and oxygen atoms in total. The third-order valence-electron chi connectivity index (χ3n) is 3.89. The van der Waals surface area contributed by atoms with Crippen LogP contribution in [0.1, 0.15) is 38.2 Å². The molecular weight excluding hydrogens is 217 g/mol. The molecule has 0 spiro atoms. The van der Waals surface area contributed by atoms with Crippen molar-refractivity contribution in [1.82, 2.24) is 0 Å². The summed E-state index contributed by atoms with van der Waals surface area (Å²) in [6.07, 6.45) is 3.82. The van der Waals surface area contributed by atoms with E-state index >= 15 is 0 Å². The highest BCUT2D eigenvalue weighted by Crippen LogP contribution is 2.39. The van der Waals surface area contributed by atoms with Crippen molar-refractivity contribution in [3.63, 3.8) is 0 Å². The van der Waals surface area contributed by atoms with Crippen LogP contribution in [0.3, 0.4) is 0 Å². The van der Waals surface area contributed by atoms with E-state index < -0.39 is 5.54 Å². The number of benzene rings is 1. The van der Waals surface area contributed by atoms with Gasteiger partial charge in [-0.1, -0.05) is 19.1 Å². The first-order valence-corrected chi connectivity index (χ1v) is 6.19. The van der Waals surface area contributed by atoms with Crippen LogP contribution in [-0.2, 0) is 5.54 Å². The van der Waals surface area contributed by atoms with Crippen LogP contribution in [0.2, 0.25) is 0 Å². The molecule has 1 saturated carbocycles. The Morgan fingerprint density at radius 2 is 2.00 bits per heavy atom. The Labute approximate surface area is 102 Å². The van der Waals surface area contributed by atoms with Gasteiger partial charge >= 0.3 is 0 Å². The molecule has 0 saturated heterocycles. The van der Waals surface area contributed by atoms with Gasteiger partial charge in [-0.2, -0.15) is 0 Å². The van der Waals surface area contributed by atoms with E-state index in [1.807, 2.05) is 6.07 Å². The monoisotopic (exact) mass is 237 g/mol. The van der Waals surface area contributed by atoms with E-state index in [1.54, 1.807) is 12.1 Å². The summed E-state index contributed by atoms with van der Waals surface area (Å²) in [7, 11) is 1.48. The predicted octanol–water partition coefficient (Wildman–Crippen LogP) is 3.20. The van der Waals surface area contributed by atoms with Crippen LogP contribution in [0.15, 0.2) is 18.2 Å². The summed E-state index contributed by atoms with van der Waals surface area (Å²) in [5.74, 6) is 0.679. The number of hydrogen-bond acceptors (Lipinski definition) is 2. The molecule has 0 aliphatic heterocycles. The molecule has 0 aromatic heterocycles. The standard InChI is InChI=1S/C14H20FNO/c1-10-6-8-14(16,9-7-10)11-4-3-5-12(17-2)13(11)15/h3-5,10H,6-9,16H2,1-2H3. The minimum atomic E-state index is -0.523. The fourth-order valence-electron chi connectivity index (χ4n) is 2.60. The van der Waals surface area contributed by atoms with Gasteiger partial charge in [-0.3, -0.25) is 0 Å². The summed E-state index contributed by atoms with van der Waals surface area (Å²) in [5.41, 5.74) is 6.45. The average Bonchev–Trinajstić information content (AvgIpc) is 2.33. The van der Waals surface area contributed by atoms with Gasteiger partial charge in [-0.25, -0.2) is 4.39 Å². The van der Waals surface area contributed by atoms with Crippen molar-refractivity contribution in [2.24, 2.45) is 11.7 Å². The molecule has 17 heavy (non-hydrogen) atoms. The number of ether oxygens (including phenoxy) is 1. The first kappa shape index (κ1) is 12.4. The zero-order valence-electron chi connectivity index (χ0n) is 10.5. The van der Waals surface area contributed by atoms with Gasteiger partial charge in [0.25, 0.3) is 0 Å². The van der Waals surface area contributed by atoms with Crippen molar-refractivity contribution in [3.8, 4) is 5.75 Å². The number of nitrogens with two attached hydrogens (primary N) is 1. The highest BCUT2D eigenvalue weighted by molar-refractivity contribution is 5.35. The van der Waals surface area contributed by atoms with Crippen molar-refractivity contribution in [2.45, 2.75) is 38.1 Å². The highest BCUT2D eigenvalue weighted by atomic mass is 19.1. The van der Waals surface area contributed by atoms with Crippen LogP contribution >= 0.6 is 0 Å². The van der Waals surface area contributed by atoms with Crippen molar-refractivity contribution >= 4 is 0 Å². The Hall–Kier alpha value is -1.09. The maximum atomic E-state index is 14.2. The largest absolute Gasteiger partial charge is 0.494 e. The molecule has 0 bridgehead atoms. The average molecular weight is 237 g/mol. The van der Waals surface area contributed by atoms with Crippen LogP contribution in [0, 0.1) is 11.7 Å². The third kappa shape index (κ3) is 2.29. The first-order valence-electron chi connectivity index (χ1n) is 6.19. The van der Waals surface area contributed by atoms with Crippen molar-refractivity contribution in [3.05, 3.63) is 29.6 Å². The van der Waals surface area contributed by atoms with E-state index in [-0.39, 0.29) is 11.6 Å². The van der Waals surface area contributed by atoms with Gasteiger partial charge in [0.05, 0.1) is 7.11 Å². The molecule has 0 heterocycles. The minimum absolute atomic E-state index is 0.283. The van der Waals surface area contributed by atoms with Crippen molar-refractivity contribution < 1.29 is 9.13 Å². The van der Waals surface area contributed by atoms with Gasteiger partial charge in [0, 0.05) is 11.1 Å². The molecular formula is C14H20FNO. The van der Waals surface area contributed by atoms with Crippen molar-refractivity contribution in [2.75, 3.05) is 7.11 Å². The van der Waals surface area contributed by atoms with Crippen LogP contribution in [0.4, 0.5) is 4.39 Å². The van der Waals surface area contributed by atoms with E-state index in [0.717, 1.165) is 25.7 Å². The van der Waals surface area contributed by atoms with Crippen LogP contribution < -0.4 is 10.5 Å². The Balaban J connectivity index is 2.33. The van der Waals surface area contributed by atoms with Gasteiger partial charge < -0.3 is 10.5 Å². The summed E-state index contributed by atoms with van der Waals surface area (Å²) in [6.45, 7) is 2.22. The predicted molar refractivity (Wildman–Crippen MR) is 66.4 cm³/mol. The normalized spacial score (nSPS) is 29.1. The fourth-order valence-corrected chi connectivity index (χ4v) is 2.60. The zero-order valence-corrected chi connectivity index (χ0v) is 10.5. The first-order chi connectivity index (χ1) is 8.07. The molecule has 1 aliphatic carbocycles. The Morgan fingerprint density at radius 1 is 1.35 bits per heavy atom. The van der Waals surface area contributed by atoms with Crippen LogP contribution in [0.5, 0.6) is 5.75 Å². The van der Waals surface area contributed by atoms with Gasteiger partial charge in [0.1, 0.15) is 0 Å². The highest BCUT2D eigenvalue weighted by Gasteiger charge is 2.34. The molecule has 0 radical (unpaired) electrons. The lowest BCUT2D eigenvalue weighted by molar-refractivity contribution is 0.239. The molecule has 2 rings (SSSR count). The second-order valence-corrected chi connectivity index (χ2v) is 5.16. The maximum absolute atomic E-state index is 14.2. The van der Waals surface area contributed by atoms with Gasteiger partial charge in [-0.15, -0.1) is 0 Å². The third-order valence-corrected chi connectivity index (χ3v) is 3.89. The molecule has 0 atom stereocenters.